The Balaban J connectivity index is 2.41. The molecule has 16 heavy (non-hydrogen) atoms. The number of nitrogens with one attached hydrogen (secondary N) is 3. The van der Waals surface area contributed by atoms with Crippen molar-refractivity contribution >= 4 is 11.7 Å². The number of hydrogen-bond acceptors (Lipinski definition) is 3. The van der Waals surface area contributed by atoms with Crippen molar-refractivity contribution in [2.24, 2.45) is 0 Å². The topological polar surface area (TPSA) is 69.8 Å². The molecule has 0 spiro atoms. The largest absolute Gasteiger partial charge is 0.308 e. The fraction of sp³-hybridized carbons (Fsp3) is 0.455. The molecule has 0 aliphatic rings. The number of aromatic nitrogens is 2. The maximum atomic E-state index is 11.4. The van der Waals surface area contributed by atoms with E-state index in [0.29, 0.717) is 18.3 Å². The van der Waals surface area contributed by atoms with Gasteiger partial charge in [-0.3, -0.25) is 15.2 Å². The summed E-state index contributed by atoms with van der Waals surface area (Å²) in [7, 11) is 0. The molecule has 1 aromatic rings. The summed E-state index contributed by atoms with van der Waals surface area (Å²) in [4.78, 5) is 11.4. The van der Waals surface area contributed by atoms with Gasteiger partial charge in [0.25, 0.3) is 0 Å². The molecule has 86 valence electrons. The number of anilines is 1. The van der Waals surface area contributed by atoms with E-state index in [1.807, 2.05) is 19.9 Å². The summed E-state index contributed by atoms with van der Waals surface area (Å²) in [6, 6.07) is 1.82. The van der Waals surface area contributed by atoms with Crippen molar-refractivity contribution in [1.82, 2.24) is 15.5 Å². The number of terminal acetylenes is 1. The Kier molecular flexibility index (Phi) is 4.55. The minimum absolute atomic E-state index is 0.156. The molecule has 0 unspecified atom stereocenters. The first-order valence-electron chi connectivity index (χ1n) is 5.12. The van der Waals surface area contributed by atoms with E-state index in [0.717, 1.165) is 5.69 Å². The highest BCUT2D eigenvalue weighted by molar-refractivity contribution is 5.91. The second-order valence-electron chi connectivity index (χ2n) is 3.72. The summed E-state index contributed by atoms with van der Waals surface area (Å²) in [5.74, 6) is 3.13. The van der Waals surface area contributed by atoms with Gasteiger partial charge < -0.3 is 5.32 Å². The Labute approximate surface area is 95.0 Å². The fourth-order valence-corrected chi connectivity index (χ4v) is 1.13. The first-order valence-corrected chi connectivity index (χ1v) is 5.12. The van der Waals surface area contributed by atoms with Crippen molar-refractivity contribution in [3.63, 3.8) is 0 Å². The van der Waals surface area contributed by atoms with E-state index in [4.69, 9.17) is 6.42 Å². The van der Waals surface area contributed by atoms with Crippen molar-refractivity contribution < 1.29 is 4.79 Å². The van der Waals surface area contributed by atoms with Crippen LogP contribution in [-0.4, -0.2) is 29.2 Å². The standard InChI is InChI=1S/C11H16N4O/c1-4-5-12-7-11(16)13-10-6-9(8(2)3)14-15-10/h1,6,8,12H,5,7H2,2-3H3,(H2,13,14,15,16). The summed E-state index contributed by atoms with van der Waals surface area (Å²) >= 11 is 0. The molecule has 0 aliphatic heterocycles. The molecular formula is C11H16N4O. The zero-order valence-corrected chi connectivity index (χ0v) is 9.50. The van der Waals surface area contributed by atoms with E-state index in [1.165, 1.54) is 0 Å². The molecule has 0 fully saturated rings. The quantitative estimate of drug-likeness (QED) is 0.505. The lowest BCUT2D eigenvalue weighted by molar-refractivity contribution is -0.115. The highest BCUT2D eigenvalue weighted by Crippen LogP contribution is 2.14. The molecule has 1 rings (SSSR count). The lowest BCUT2D eigenvalue weighted by Gasteiger charge is -2.01. The number of H-pyrrole nitrogens is 1. The normalized spacial score (nSPS) is 10.1. The maximum Gasteiger partial charge on any atom is 0.239 e. The number of nitrogens with zero attached hydrogens (tertiary/aromatic N) is 1. The van der Waals surface area contributed by atoms with Crippen LogP contribution >= 0.6 is 0 Å². The number of carbonyl (C=O) groups is 1. The third-order valence-electron chi connectivity index (χ3n) is 2.00. The van der Waals surface area contributed by atoms with Gasteiger partial charge >= 0.3 is 0 Å². The van der Waals surface area contributed by atoms with Crippen LogP contribution in [0.25, 0.3) is 0 Å². The lowest BCUT2D eigenvalue weighted by Crippen LogP contribution is -2.28. The predicted octanol–water partition coefficient (Wildman–Crippen LogP) is 0.694. The Morgan fingerprint density at radius 2 is 2.44 bits per heavy atom. The predicted molar refractivity (Wildman–Crippen MR) is 63.0 cm³/mol. The second kappa shape index (κ2) is 5.93. The summed E-state index contributed by atoms with van der Waals surface area (Å²) < 4.78 is 0. The van der Waals surface area contributed by atoms with Crippen LogP contribution in [0.5, 0.6) is 0 Å². The minimum atomic E-state index is -0.156. The zero-order chi connectivity index (χ0) is 12.0. The van der Waals surface area contributed by atoms with E-state index >= 15 is 0 Å². The van der Waals surface area contributed by atoms with Crippen molar-refractivity contribution in [3.05, 3.63) is 11.8 Å². The van der Waals surface area contributed by atoms with Gasteiger partial charge in [-0.2, -0.15) is 5.10 Å². The maximum absolute atomic E-state index is 11.4. The van der Waals surface area contributed by atoms with Crippen molar-refractivity contribution in [2.75, 3.05) is 18.4 Å². The number of rotatable bonds is 5. The average Bonchev–Trinajstić information content (AvgIpc) is 2.66. The summed E-state index contributed by atoms with van der Waals surface area (Å²) in [5.41, 5.74) is 0.992. The monoisotopic (exact) mass is 220 g/mol. The van der Waals surface area contributed by atoms with Gasteiger partial charge in [-0.25, -0.2) is 0 Å². The third kappa shape index (κ3) is 3.75. The van der Waals surface area contributed by atoms with Crippen molar-refractivity contribution in [2.45, 2.75) is 19.8 Å². The van der Waals surface area contributed by atoms with E-state index in [2.05, 4.69) is 26.8 Å². The van der Waals surface area contributed by atoms with E-state index in [1.54, 1.807) is 0 Å². The molecule has 5 nitrogen and oxygen atoms in total. The molecule has 0 radical (unpaired) electrons. The molecule has 1 aromatic heterocycles. The fourth-order valence-electron chi connectivity index (χ4n) is 1.13. The van der Waals surface area contributed by atoms with Crippen LogP contribution in [0, 0.1) is 12.3 Å². The Bertz CT molecular complexity index is 389. The minimum Gasteiger partial charge on any atom is -0.308 e. The molecule has 0 aliphatic carbocycles. The van der Waals surface area contributed by atoms with E-state index < -0.39 is 0 Å². The lowest BCUT2D eigenvalue weighted by atomic mass is 10.1. The van der Waals surface area contributed by atoms with Gasteiger partial charge in [0.2, 0.25) is 5.91 Å². The third-order valence-corrected chi connectivity index (χ3v) is 2.00. The van der Waals surface area contributed by atoms with Crippen LogP contribution in [-0.2, 0) is 4.79 Å². The second-order valence-corrected chi connectivity index (χ2v) is 3.72. The molecule has 5 heteroatoms. The van der Waals surface area contributed by atoms with Gasteiger partial charge in [0.1, 0.15) is 0 Å². The molecule has 1 amide bonds. The summed E-state index contributed by atoms with van der Waals surface area (Å²) in [5, 5.41) is 12.3. The Morgan fingerprint density at radius 3 is 3.00 bits per heavy atom. The highest BCUT2D eigenvalue weighted by atomic mass is 16.2. The Morgan fingerprint density at radius 1 is 1.69 bits per heavy atom. The van der Waals surface area contributed by atoms with Crippen LogP contribution in [0.4, 0.5) is 5.82 Å². The number of hydrogen-bond donors (Lipinski definition) is 3. The molecule has 0 bridgehead atoms. The molecule has 0 atom stereocenters. The molecule has 0 saturated carbocycles. The van der Waals surface area contributed by atoms with Crippen LogP contribution in [0.3, 0.4) is 0 Å². The number of amides is 1. The highest BCUT2D eigenvalue weighted by Gasteiger charge is 2.07. The smallest absolute Gasteiger partial charge is 0.239 e. The van der Waals surface area contributed by atoms with Crippen LogP contribution in [0.2, 0.25) is 0 Å². The van der Waals surface area contributed by atoms with Gasteiger partial charge in [0.05, 0.1) is 13.1 Å². The van der Waals surface area contributed by atoms with Gasteiger partial charge in [-0.1, -0.05) is 19.8 Å². The summed E-state index contributed by atoms with van der Waals surface area (Å²) in [6.45, 7) is 4.67. The average molecular weight is 220 g/mol. The first-order chi connectivity index (χ1) is 7.63. The van der Waals surface area contributed by atoms with Gasteiger partial charge in [-0.05, 0) is 5.92 Å². The summed E-state index contributed by atoms with van der Waals surface area (Å²) in [6.07, 6.45) is 5.04. The van der Waals surface area contributed by atoms with Crippen LogP contribution in [0.15, 0.2) is 6.07 Å². The molecular weight excluding hydrogens is 204 g/mol. The molecule has 0 aromatic carbocycles. The van der Waals surface area contributed by atoms with Crippen LogP contribution in [0.1, 0.15) is 25.5 Å². The molecule has 3 N–H and O–H groups in total. The van der Waals surface area contributed by atoms with Gasteiger partial charge in [0, 0.05) is 11.8 Å². The SMILES string of the molecule is C#CCNCC(=O)Nc1cc(C(C)C)[nH]n1. The van der Waals surface area contributed by atoms with E-state index in [-0.39, 0.29) is 12.5 Å². The Hall–Kier alpha value is -1.80. The van der Waals surface area contributed by atoms with Gasteiger partial charge in [0.15, 0.2) is 5.82 Å². The number of carbonyl (C=O) groups excluding carboxylic acids is 1. The molecule has 0 saturated heterocycles. The molecule has 1 heterocycles. The van der Waals surface area contributed by atoms with E-state index in [9.17, 15) is 4.79 Å². The van der Waals surface area contributed by atoms with Gasteiger partial charge in [-0.15, -0.1) is 6.42 Å². The zero-order valence-electron chi connectivity index (χ0n) is 9.50. The van der Waals surface area contributed by atoms with Crippen LogP contribution < -0.4 is 10.6 Å². The number of aromatic amines is 1. The first kappa shape index (κ1) is 12.3. The van der Waals surface area contributed by atoms with Crippen molar-refractivity contribution in [3.8, 4) is 12.3 Å². The van der Waals surface area contributed by atoms with Crippen molar-refractivity contribution in [1.29, 1.82) is 0 Å².